The Balaban J connectivity index is 1.59. The first kappa shape index (κ1) is 12.0. The molecule has 5 atom stereocenters. The zero-order chi connectivity index (χ0) is 11.8. The van der Waals surface area contributed by atoms with E-state index < -0.39 is 0 Å². The van der Waals surface area contributed by atoms with Gasteiger partial charge in [0.1, 0.15) is 0 Å². The molecule has 1 aliphatic carbocycles. The van der Waals surface area contributed by atoms with Gasteiger partial charge in [-0.1, -0.05) is 13.8 Å². The van der Waals surface area contributed by atoms with Gasteiger partial charge >= 0.3 is 0 Å². The van der Waals surface area contributed by atoms with Crippen LogP contribution in [0.3, 0.4) is 0 Å². The fourth-order valence-corrected chi connectivity index (χ4v) is 4.23. The molecule has 1 N–H and O–H groups in total. The van der Waals surface area contributed by atoms with Crippen molar-refractivity contribution in [1.82, 2.24) is 10.2 Å². The van der Waals surface area contributed by atoms with Crippen LogP contribution in [0.5, 0.6) is 0 Å². The van der Waals surface area contributed by atoms with E-state index in [9.17, 15) is 0 Å². The normalized spacial score (nSPS) is 48.0. The van der Waals surface area contributed by atoms with Crippen LogP contribution < -0.4 is 5.32 Å². The quantitative estimate of drug-likeness (QED) is 0.752. The Bertz CT molecular complexity index is 252. The van der Waals surface area contributed by atoms with E-state index in [4.69, 9.17) is 0 Å². The molecule has 0 bridgehead atoms. The van der Waals surface area contributed by atoms with Gasteiger partial charge in [0.15, 0.2) is 0 Å². The summed E-state index contributed by atoms with van der Waals surface area (Å²) in [7, 11) is 0. The maximum Gasteiger partial charge on any atom is 0.0235 e. The Morgan fingerprint density at radius 2 is 1.88 bits per heavy atom. The van der Waals surface area contributed by atoms with Crippen molar-refractivity contribution in [2.45, 2.75) is 58.0 Å². The molecule has 0 aromatic carbocycles. The highest BCUT2D eigenvalue weighted by atomic mass is 15.2. The van der Waals surface area contributed by atoms with E-state index >= 15 is 0 Å². The highest BCUT2D eigenvalue weighted by Gasteiger charge is 2.38. The first-order valence-electron chi connectivity index (χ1n) is 7.71. The van der Waals surface area contributed by atoms with E-state index in [1.54, 1.807) is 0 Å². The molecule has 0 aromatic rings. The Morgan fingerprint density at radius 1 is 1.00 bits per heavy atom. The van der Waals surface area contributed by atoms with Crippen LogP contribution in [0.2, 0.25) is 0 Å². The molecular weight excluding hydrogens is 208 g/mol. The van der Waals surface area contributed by atoms with Crippen LogP contribution in [-0.4, -0.2) is 36.6 Å². The molecule has 2 heteroatoms. The summed E-state index contributed by atoms with van der Waals surface area (Å²) >= 11 is 0. The molecule has 0 radical (unpaired) electrons. The third kappa shape index (κ3) is 2.39. The predicted molar refractivity (Wildman–Crippen MR) is 72.1 cm³/mol. The highest BCUT2D eigenvalue weighted by Crippen LogP contribution is 2.35. The SMILES string of the molecule is CC1CCC(N2CC3CCCNC3C2)CC1C. The lowest BCUT2D eigenvalue weighted by Crippen LogP contribution is -2.42. The molecule has 3 rings (SSSR count). The van der Waals surface area contributed by atoms with Crippen LogP contribution in [0, 0.1) is 17.8 Å². The van der Waals surface area contributed by atoms with Gasteiger partial charge in [0.05, 0.1) is 0 Å². The molecule has 5 unspecified atom stereocenters. The molecule has 2 saturated heterocycles. The molecule has 3 fully saturated rings. The van der Waals surface area contributed by atoms with E-state index in [1.807, 2.05) is 0 Å². The van der Waals surface area contributed by atoms with Crippen molar-refractivity contribution in [2.24, 2.45) is 17.8 Å². The van der Waals surface area contributed by atoms with Crippen molar-refractivity contribution < 1.29 is 0 Å². The fourth-order valence-electron chi connectivity index (χ4n) is 4.23. The first-order chi connectivity index (χ1) is 8.24. The van der Waals surface area contributed by atoms with Gasteiger partial charge < -0.3 is 5.32 Å². The third-order valence-corrected chi connectivity index (χ3v) is 5.71. The van der Waals surface area contributed by atoms with Crippen molar-refractivity contribution in [3.8, 4) is 0 Å². The summed E-state index contributed by atoms with van der Waals surface area (Å²) in [5.74, 6) is 2.84. The minimum Gasteiger partial charge on any atom is -0.312 e. The summed E-state index contributed by atoms with van der Waals surface area (Å²) in [4.78, 5) is 2.82. The van der Waals surface area contributed by atoms with Crippen LogP contribution >= 0.6 is 0 Å². The second-order valence-electron chi connectivity index (χ2n) is 6.84. The molecule has 2 nitrogen and oxygen atoms in total. The Hall–Kier alpha value is -0.0800. The number of rotatable bonds is 1. The molecule has 17 heavy (non-hydrogen) atoms. The summed E-state index contributed by atoms with van der Waals surface area (Å²) in [5, 5.41) is 3.73. The zero-order valence-electron chi connectivity index (χ0n) is 11.5. The lowest BCUT2D eigenvalue weighted by atomic mass is 9.78. The van der Waals surface area contributed by atoms with Crippen LogP contribution in [-0.2, 0) is 0 Å². The molecule has 0 aromatic heterocycles. The largest absolute Gasteiger partial charge is 0.312 e. The number of hydrogen-bond acceptors (Lipinski definition) is 2. The van der Waals surface area contributed by atoms with Crippen molar-refractivity contribution in [2.75, 3.05) is 19.6 Å². The molecule has 0 spiro atoms. The van der Waals surface area contributed by atoms with Crippen LogP contribution in [0.25, 0.3) is 0 Å². The Labute approximate surface area is 106 Å². The molecule has 1 saturated carbocycles. The van der Waals surface area contributed by atoms with E-state index in [2.05, 4.69) is 24.1 Å². The predicted octanol–water partition coefficient (Wildman–Crippen LogP) is 2.49. The molecule has 2 aliphatic heterocycles. The number of likely N-dealkylation sites (tertiary alicyclic amines) is 1. The second-order valence-corrected chi connectivity index (χ2v) is 6.84. The summed E-state index contributed by atoms with van der Waals surface area (Å²) < 4.78 is 0. The first-order valence-corrected chi connectivity index (χ1v) is 7.71. The number of nitrogens with zero attached hydrogens (tertiary/aromatic N) is 1. The van der Waals surface area contributed by atoms with Gasteiger partial charge in [-0.15, -0.1) is 0 Å². The van der Waals surface area contributed by atoms with Crippen molar-refractivity contribution in [3.63, 3.8) is 0 Å². The summed E-state index contributed by atoms with van der Waals surface area (Å²) in [6, 6.07) is 1.71. The number of fused-ring (bicyclic) bond motifs is 1. The van der Waals surface area contributed by atoms with E-state index in [-0.39, 0.29) is 0 Å². The monoisotopic (exact) mass is 236 g/mol. The summed E-state index contributed by atoms with van der Waals surface area (Å²) in [6.07, 6.45) is 7.20. The Morgan fingerprint density at radius 3 is 2.65 bits per heavy atom. The van der Waals surface area contributed by atoms with E-state index in [1.165, 1.54) is 51.7 Å². The average molecular weight is 236 g/mol. The maximum absolute atomic E-state index is 3.73. The van der Waals surface area contributed by atoms with Gasteiger partial charge in [0.25, 0.3) is 0 Å². The molecule has 2 heterocycles. The van der Waals surface area contributed by atoms with Crippen LogP contribution in [0.1, 0.15) is 46.0 Å². The Kier molecular flexibility index (Phi) is 3.45. The van der Waals surface area contributed by atoms with Crippen molar-refractivity contribution >= 4 is 0 Å². The summed E-state index contributed by atoms with van der Waals surface area (Å²) in [5.41, 5.74) is 0. The number of piperidine rings is 1. The molecular formula is C15H28N2. The van der Waals surface area contributed by atoms with Gasteiger partial charge in [-0.3, -0.25) is 4.90 Å². The third-order valence-electron chi connectivity index (χ3n) is 5.71. The van der Waals surface area contributed by atoms with Gasteiger partial charge in [-0.05, 0) is 56.4 Å². The molecule has 0 amide bonds. The van der Waals surface area contributed by atoms with Crippen molar-refractivity contribution in [3.05, 3.63) is 0 Å². The maximum atomic E-state index is 3.73. The summed E-state index contributed by atoms with van der Waals surface area (Å²) in [6.45, 7) is 8.86. The minimum atomic E-state index is 0.818. The zero-order valence-corrected chi connectivity index (χ0v) is 11.5. The van der Waals surface area contributed by atoms with Gasteiger partial charge in [-0.2, -0.15) is 0 Å². The van der Waals surface area contributed by atoms with Crippen molar-refractivity contribution in [1.29, 1.82) is 0 Å². The van der Waals surface area contributed by atoms with E-state index in [0.717, 1.165) is 29.8 Å². The number of hydrogen-bond donors (Lipinski definition) is 1. The average Bonchev–Trinajstić information content (AvgIpc) is 2.76. The smallest absolute Gasteiger partial charge is 0.0235 e. The fraction of sp³-hybridized carbons (Fsp3) is 1.00. The topological polar surface area (TPSA) is 15.3 Å². The standard InChI is InChI=1S/C15H28N2/c1-11-5-6-14(8-12(11)2)17-9-13-4-3-7-16-15(13)10-17/h11-16H,3-10H2,1-2H3. The lowest BCUT2D eigenvalue weighted by molar-refractivity contribution is 0.126. The van der Waals surface area contributed by atoms with Gasteiger partial charge in [-0.25, -0.2) is 0 Å². The molecule has 3 aliphatic rings. The molecule has 98 valence electrons. The van der Waals surface area contributed by atoms with Gasteiger partial charge in [0.2, 0.25) is 0 Å². The van der Waals surface area contributed by atoms with Crippen LogP contribution in [0.15, 0.2) is 0 Å². The lowest BCUT2D eigenvalue weighted by Gasteiger charge is -2.37. The van der Waals surface area contributed by atoms with Gasteiger partial charge in [0, 0.05) is 25.2 Å². The van der Waals surface area contributed by atoms with E-state index in [0.29, 0.717) is 0 Å². The minimum absolute atomic E-state index is 0.818. The second kappa shape index (κ2) is 4.89. The highest BCUT2D eigenvalue weighted by molar-refractivity contribution is 4.95. The number of nitrogens with one attached hydrogen (secondary N) is 1. The van der Waals surface area contributed by atoms with Crippen LogP contribution in [0.4, 0.5) is 0 Å².